The third-order valence-electron chi connectivity index (χ3n) is 5.69. The molecule has 0 spiro atoms. The van der Waals surface area contributed by atoms with Gasteiger partial charge in [-0.25, -0.2) is 4.98 Å². The topological polar surface area (TPSA) is 78.7 Å². The summed E-state index contributed by atoms with van der Waals surface area (Å²) in [6, 6.07) is 9.77. The Morgan fingerprint density at radius 2 is 1.93 bits per heavy atom. The number of nitrogens with one attached hydrogen (secondary N) is 1. The number of imidazole rings is 1. The molecule has 4 heterocycles. The van der Waals surface area contributed by atoms with Crippen LogP contribution >= 0.6 is 0 Å². The van der Waals surface area contributed by atoms with E-state index >= 15 is 0 Å². The quantitative estimate of drug-likeness (QED) is 0.567. The molecule has 3 aromatic heterocycles. The minimum absolute atomic E-state index is 0.00340. The van der Waals surface area contributed by atoms with Gasteiger partial charge in [0.15, 0.2) is 11.3 Å². The molecule has 0 saturated carbocycles. The van der Waals surface area contributed by atoms with Crippen molar-refractivity contribution in [3.05, 3.63) is 42.1 Å². The number of hydrogen-bond donors (Lipinski definition) is 1. The van der Waals surface area contributed by atoms with E-state index in [-0.39, 0.29) is 5.91 Å². The summed E-state index contributed by atoms with van der Waals surface area (Å²) in [4.78, 5) is 22.8. The molecule has 0 aliphatic carbocycles. The number of fused-ring (bicyclic) bond motifs is 5. The van der Waals surface area contributed by atoms with Crippen LogP contribution in [0.15, 0.2) is 36.5 Å². The number of carbonyl (C=O) groups is 1. The van der Waals surface area contributed by atoms with Gasteiger partial charge in [0, 0.05) is 32.1 Å². The van der Waals surface area contributed by atoms with Gasteiger partial charge in [-0.2, -0.15) is 5.10 Å². The number of hydrogen-bond acceptors (Lipinski definition) is 6. The first-order valence-electron chi connectivity index (χ1n) is 9.89. The Kier molecular flexibility index (Phi) is 4.28. The molecule has 148 valence electrons. The average molecular weight is 389 g/mol. The third-order valence-corrected chi connectivity index (χ3v) is 5.69. The van der Waals surface area contributed by atoms with Crippen molar-refractivity contribution in [2.45, 2.75) is 6.42 Å². The molecule has 0 unspecified atom stereocenters. The second kappa shape index (κ2) is 6.97. The summed E-state index contributed by atoms with van der Waals surface area (Å²) in [6.07, 6.45) is 2.62. The standard InChI is InChI=1S/C21H23N7O/c1-22-18-14-8-9-23-25-19(14)28-16-7-4-3-6-15(16)24-20(28)17(18)21(29)27-11-5-10-26(2)12-13-27/h3-4,6-9,22H,5,10-13H2,1-2H3. The molecule has 1 saturated heterocycles. The van der Waals surface area contributed by atoms with Crippen molar-refractivity contribution < 1.29 is 4.79 Å². The fourth-order valence-corrected chi connectivity index (χ4v) is 4.21. The Morgan fingerprint density at radius 3 is 2.79 bits per heavy atom. The molecular formula is C21H23N7O. The molecule has 1 aromatic carbocycles. The molecule has 4 aromatic rings. The van der Waals surface area contributed by atoms with Crippen LogP contribution in [0.25, 0.3) is 27.7 Å². The molecule has 1 aliphatic heterocycles. The maximum Gasteiger partial charge on any atom is 0.259 e. The zero-order valence-corrected chi connectivity index (χ0v) is 16.6. The summed E-state index contributed by atoms with van der Waals surface area (Å²) in [6.45, 7) is 3.31. The van der Waals surface area contributed by atoms with Gasteiger partial charge < -0.3 is 15.1 Å². The Labute approximate surface area is 168 Å². The first-order valence-corrected chi connectivity index (χ1v) is 9.89. The van der Waals surface area contributed by atoms with E-state index in [0.717, 1.165) is 48.2 Å². The molecule has 8 heteroatoms. The van der Waals surface area contributed by atoms with Crippen molar-refractivity contribution in [1.82, 2.24) is 29.4 Å². The number of nitrogens with zero attached hydrogens (tertiary/aromatic N) is 6. The van der Waals surface area contributed by atoms with Gasteiger partial charge in [0.1, 0.15) is 5.56 Å². The molecule has 8 nitrogen and oxygen atoms in total. The van der Waals surface area contributed by atoms with Crippen LogP contribution in [0.4, 0.5) is 5.69 Å². The van der Waals surface area contributed by atoms with E-state index < -0.39 is 0 Å². The van der Waals surface area contributed by atoms with Gasteiger partial charge in [0.2, 0.25) is 0 Å². The second-order valence-corrected chi connectivity index (χ2v) is 7.48. The normalized spacial score (nSPS) is 15.9. The highest BCUT2D eigenvalue weighted by atomic mass is 16.2. The summed E-state index contributed by atoms with van der Waals surface area (Å²) in [5.41, 5.74) is 4.39. The number of amides is 1. The van der Waals surface area contributed by atoms with Crippen LogP contribution in [0.2, 0.25) is 0 Å². The van der Waals surface area contributed by atoms with Crippen LogP contribution in [-0.4, -0.2) is 75.6 Å². The highest BCUT2D eigenvalue weighted by molar-refractivity contribution is 6.13. The van der Waals surface area contributed by atoms with Crippen LogP contribution in [0.3, 0.4) is 0 Å². The molecule has 0 atom stereocenters. The molecule has 1 N–H and O–H groups in total. The minimum Gasteiger partial charge on any atom is -0.387 e. The molecule has 0 radical (unpaired) electrons. The van der Waals surface area contributed by atoms with Gasteiger partial charge in [0.25, 0.3) is 5.91 Å². The second-order valence-electron chi connectivity index (χ2n) is 7.48. The number of rotatable bonds is 2. The monoisotopic (exact) mass is 389 g/mol. The summed E-state index contributed by atoms with van der Waals surface area (Å²) in [5, 5.41) is 12.6. The van der Waals surface area contributed by atoms with E-state index in [1.807, 2.05) is 46.7 Å². The van der Waals surface area contributed by atoms with E-state index in [2.05, 4.69) is 27.5 Å². The van der Waals surface area contributed by atoms with Gasteiger partial charge >= 0.3 is 0 Å². The third kappa shape index (κ3) is 2.79. The van der Waals surface area contributed by atoms with Crippen molar-refractivity contribution in [3.63, 3.8) is 0 Å². The fraction of sp³-hybridized carbons (Fsp3) is 0.333. The molecular weight excluding hydrogens is 366 g/mol. The highest BCUT2D eigenvalue weighted by Gasteiger charge is 2.28. The zero-order chi connectivity index (χ0) is 20.0. The van der Waals surface area contributed by atoms with Crippen molar-refractivity contribution in [2.75, 3.05) is 45.6 Å². The fourth-order valence-electron chi connectivity index (χ4n) is 4.21. The lowest BCUT2D eigenvalue weighted by Crippen LogP contribution is -2.35. The Balaban J connectivity index is 1.82. The van der Waals surface area contributed by atoms with Crippen LogP contribution in [0, 0.1) is 0 Å². The number of aromatic nitrogens is 4. The summed E-state index contributed by atoms with van der Waals surface area (Å²) in [5.74, 6) is 0.00340. The number of anilines is 1. The maximum atomic E-state index is 13.8. The first-order chi connectivity index (χ1) is 14.2. The van der Waals surface area contributed by atoms with E-state index in [9.17, 15) is 4.79 Å². The van der Waals surface area contributed by atoms with Gasteiger partial charge in [-0.15, -0.1) is 5.10 Å². The lowest BCUT2D eigenvalue weighted by atomic mass is 10.1. The number of para-hydroxylation sites is 2. The van der Waals surface area contributed by atoms with Gasteiger partial charge in [0.05, 0.1) is 22.9 Å². The number of carbonyl (C=O) groups excluding carboxylic acids is 1. The van der Waals surface area contributed by atoms with Crippen LogP contribution in [0.5, 0.6) is 0 Å². The van der Waals surface area contributed by atoms with E-state index in [4.69, 9.17) is 4.98 Å². The Morgan fingerprint density at radius 1 is 1.07 bits per heavy atom. The van der Waals surface area contributed by atoms with E-state index in [1.165, 1.54) is 0 Å². The van der Waals surface area contributed by atoms with Crippen LogP contribution in [0.1, 0.15) is 16.8 Å². The van der Waals surface area contributed by atoms with Crippen molar-refractivity contribution >= 4 is 39.3 Å². The Hall–Kier alpha value is -3.26. The van der Waals surface area contributed by atoms with E-state index in [0.29, 0.717) is 23.4 Å². The predicted octanol–water partition coefficient (Wildman–Crippen LogP) is 2.25. The molecule has 29 heavy (non-hydrogen) atoms. The molecule has 1 fully saturated rings. The summed E-state index contributed by atoms with van der Waals surface area (Å²) >= 11 is 0. The summed E-state index contributed by atoms with van der Waals surface area (Å²) in [7, 11) is 3.93. The van der Waals surface area contributed by atoms with Gasteiger partial charge in [-0.3, -0.25) is 9.20 Å². The smallest absolute Gasteiger partial charge is 0.259 e. The number of likely N-dealkylation sites (N-methyl/N-ethyl adjacent to an activating group) is 1. The summed E-state index contributed by atoms with van der Waals surface area (Å²) < 4.78 is 1.95. The number of pyridine rings is 1. The predicted molar refractivity (Wildman–Crippen MR) is 113 cm³/mol. The van der Waals surface area contributed by atoms with Crippen molar-refractivity contribution in [1.29, 1.82) is 0 Å². The first kappa shape index (κ1) is 17.8. The van der Waals surface area contributed by atoms with E-state index in [1.54, 1.807) is 6.20 Å². The molecule has 5 rings (SSSR count). The molecule has 1 amide bonds. The van der Waals surface area contributed by atoms with Crippen molar-refractivity contribution in [2.24, 2.45) is 0 Å². The maximum absolute atomic E-state index is 13.8. The average Bonchev–Trinajstić information content (AvgIpc) is 3.00. The number of benzene rings is 1. The zero-order valence-electron chi connectivity index (χ0n) is 16.6. The van der Waals surface area contributed by atoms with Crippen LogP contribution < -0.4 is 5.32 Å². The molecule has 1 aliphatic rings. The van der Waals surface area contributed by atoms with Gasteiger partial charge in [-0.05, 0) is 38.2 Å². The largest absolute Gasteiger partial charge is 0.387 e. The highest BCUT2D eigenvalue weighted by Crippen LogP contribution is 2.33. The van der Waals surface area contributed by atoms with Gasteiger partial charge in [-0.1, -0.05) is 12.1 Å². The van der Waals surface area contributed by atoms with Crippen LogP contribution in [-0.2, 0) is 0 Å². The lowest BCUT2D eigenvalue weighted by Gasteiger charge is -2.23. The van der Waals surface area contributed by atoms with Crippen molar-refractivity contribution in [3.8, 4) is 0 Å². The SMILES string of the molecule is CNc1c(C(=O)N2CCCN(C)CC2)c2nc3ccccc3n2c2nnccc12. The minimum atomic E-state index is 0.00340. The lowest BCUT2D eigenvalue weighted by molar-refractivity contribution is 0.0765. The Bertz CT molecular complexity index is 1230. The molecule has 0 bridgehead atoms.